The number of nitrogens with one attached hydrogen (secondary N) is 1. The van der Waals surface area contributed by atoms with E-state index in [2.05, 4.69) is 26.1 Å². The summed E-state index contributed by atoms with van der Waals surface area (Å²) in [5.74, 6) is 1.01. The Morgan fingerprint density at radius 3 is 2.21 bits per heavy atom. The maximum absolute atomic E-state index is 3.83. The van der Waals surface area contributed by atoms with Crippen LogP contribution in [0, 0.1) is 5.92 Å². The minimum absolute atomic E-state index is 0.803. The van der Waals surface area contributed by atoms with Crippen LogP contribution in [-0.4, -0.2) is 12.1 Å². The average molecular weight is 197 g/mol. The lowest BCUT2D eigenvalue weighted by Gasteiger charge is -2.17. The fourth-order valence-electron chi connectivity index (χ4n) is 2.45. The van der Waals surface area contributed by atoms with Crippen LogP contribution in [0.4, 0.5) is 0 Å². The van der Waals surface area contributed by atoms with Gasteiger partial charge in [-0.3, -0.25) is 0 Å². The SMILES string of the molecule is CCCC(CCC)NC1CC1CCC. The molecule has 0 bridgehead atoms. The van der Waals surface area contributed by atoms with Gasteiger partial charge in [0.1, 0.15) is 0 Å². The molecule has 14 heavy (non-hydrogen) atoms. The lowest BCUT2D eigenvalue weighted by molar-refractivity contribution is 0.427. The molecule has 2 atom stereocenters. The van der Waals surface area contributed by atoms with Gasteiger partial charge in [0.2, 0.25) is 0 Å². The van der Waals surface area contributed by atoms with Crippen LogP contribution in [0.15, 0.2) is 0 Å². The molecule has 0 radical (unpaired) electrons. The number of hydrogen-bond acceptors (Lipinski definition) is 1. The summed E-state index contributed by atoms with van der Waals surface area (Å²) in [7, 11) is 0. The summed E-state index contributed by atoms with van der Waals surface area (Å²) >= 11 is 0. The van der Waals surface area contributed by atoms with E-state index in [9.17, 15) is 0 Å². The van der Waals surface area contributed by atoms with Crippen molar-refractivity contribution in [1.29, 1.82) is 0 Å². The van der Waals surface area contributed by atoms with Gasteiger partial charge in [0.05, 0.1) is 0 Å². The van der Waals surface area contributed by atoms with Crippen molar-refractivity contribution in [3.8, 4) is 0 Å². The first kappa shape index (κ1) is 12.0. The van der Waals surface area contributed by atoms with Crippen molar-refractivity contribution in [2.45, 2.75) is 77.8 Å². The first-order valence-electron chi connectivity index (χ1n) is 6.57. The van der Waals surface area contributed by atoms with E-state index in [0.29, 0.717) is 0 Å². The molecule has 0 aromatic heterocycles. The normalized spacial score (nSPS) is 25.7. The van der Waals surface area contributed by atoms with Crippen molar-refractivity contribution in [1.82, 2.24) is 5.32 Å². The fourth-order valence-corrected chi connectivity index (χ4v) is 2.45. The zero-order chi connectivity index (χ0) is 10.4. The Labute approximate surface area is 89.7 Å². The van der Waals surface area contributed by atoms with Crippen LogP contribution >= 0.6 is 0 Å². The lowest BCUT2D eigenvalue weighted by Crippen LogP contribution is -2.31. The molecular formula is C13H27N. The van der Waals surface area contributed by atoms with Gasteiger partial charge in [-0.1, -0.05) is 40.0 Å². The zero-order valence-electron chi connectivity index (χ0n) is 10.2. The van der Waals surface area contributed by atoms with Crippen molar-refractivity contribution in [2.75, 3.05) is 0 Å². The van der Waals surface area contributed by atoms with Gasteiger partial charge >= 0.3 is 0 Å². The summed E-state index contributed by atoms with van der Waals surface area (Å²) in [4.78, 5) is 0. The zero-order valence-corrected chi connectivity index (χ0v) is 10.2. The van der Waals surface area contributed by atoms with E-state index in [4.69, 9.17) is 0 Å². The third-order valence-corrected chi connectivity index (χ3v) is 3.31. The maximum Gasteiger partial charge on any atom is 0.0102 e. The molecule has 1 fully saturated rings. The molecule has 1 heteroatoms. The smallest absolute Gasteiger partial charge is 0.0102 e. The van der Waals surface area contributed by atoms with Gasteiger partial charge in [0.15, 0.2) is 0 Å². The molecule has 1 nitrogen and oxygen atoms in total. The topological polar surface area (TPSA) is 12.0 Å². The third-order valence-electron chi connectivity index (χ3n) is 3.31. The Morgan fingerprint density at radius 1 is 1.07 bits per heavy atom. The fraction of sp³-hybridized carbons (Fsp3) is 1.00. The van der Waals surface area contributed by atoms with E-state index < -0.39 is 0 Å². The molecule has 0 heterocycles. The van der Waals surface area contributed by atoms with Gasteiger partial charge in [0, 0.05) is 12.1 Å². The molecule has 0 spiro atoms. The quantitative estimate of drug-likeness (QED) is 0.625. The molecular weight excluding hydrogens is 170 g/mol. The van der Waals surface area contributed by atoms with E-state index in [-0.39, 0.29) is 0 Å². The van der Waals surface area contributed by atoms with Crippen molar-refractivity contribution in [3.05, 3.63) is 0 Å². The number of hydrogen-bond donors (Lipinski definition) is 1. The minimum atomic E-state index is 0.803. The van der Waals surface area contributed by atoms with E-state index in [0.717, 1.165) is 18.0 Å². The van der Waals surface area contributed by atoms with Crippen molar-refractivity contribution in [2.24, 2.45) is 5.92 Å². The largest absolute Gasteiger partial charge is 0.311 e. The molecule has 2 unspecified atom stereocenters. The molecule has 1 aliphatic rings. The standard InChI is InChI=1S/C13H27N/c1-4-7-11-10-13(11)14-12(8-5-2)9-6-3/h11-14H,4-10H2,1-3H3. The summed E-state index contributed by atoms with van der Waals surface area (Å²) in [5, 5.41) is 3.83. The first-order chi connectivity index (χ1) is 6.81. The molecule has 0 aromatic carbocycles. The van der Waals surface area contributed by atoms with Crippen LogP contribution in [0.2, 0.25) is 0 Å². The first-order valence-corrected chi connectivity index (χ1v) is 6.57. The molecule has 1 rings (SSSR count). The predicted octanol–water partition coefficient (Wildman–Crippen LogP) is 3.73. The highest BCUT2D eigenvalue weighted by Crippen LogP contribution is 2.35. The Hall–Kier alpha value is -0.0400. The second-order valence-electron chi connectivity index (χ2n) is 4.83. The van der Waals surface area contributed by atoms with E-state index >= 15 is 0 Å². The van der Waals surface area contributed by atoms with Gasteiger partial charge in [-0.2, -0.15) is 0 Å². The van der Waals surface area contributed by atoms with Crippen molar-refractivity contribution in [3.63, 3.8) is 0 Å². The molecule has 1 saturated carbocycles. The third kappa shape index (κ3) is 4.00. The molecule has 0 saturated heterocycles. The van der Waals surface area contributed by atoms with Crippen molar-refractivity contribution >= 4 is 0 Å². The highest BCUT2D eigenvalue weighted by Gasteiger charge is 2.36. The van der Waals surface area contributed by atoms with Crippen LogP contribution < -0.4 is 5.32 Å². The van der Waals surface area contributed by atoms with Crippen LogP contribution in [0.5, 0.6) is 0 Å². The van der Waals surface area contributed by atoms with Crippen LogP contribution in [0.25, 0.3) is 0 Å². The van der Waals surface area contributed by atoms with Gasteiger partial charge in [-0.15, -0.1) is 0 Å². The Kier molecular flexibility index (Phi) is 5.54. The Bertz CT molecular complexity index is 138. The highest BCUT2D eigenvalue weighted by atomic mass is 15.0. The molecule has 0 aliphatic heterocycles. The molecule has 84 valence electrons. The maximum atomic E-state index is 3.83. The number of rotatable bonds is 8. The van der Waals surface area contributed by atoms with Crippen LogP contribution in [0.3, 0.4) is 0 Å². The van der Waals surface area contributed by atoms with E-state index in [1.165, 1.54) is 44.9 Å². The van der Waals surface area contributed by atoms with Gasteiger partial charge in [-0.05, 0) is 31.6 Å². The Morgan fingerprint density at radius 2 is 1.71 bits per heavy atom. The summed E-state index contributed by atoms with van der Waals surface area (Å²) in [6.45, 7) is 6.88. The predicted molar refractivity (Wildman–Crippen MR) is 63.5 cm³/mol. The molecule has 0 amide bonds. The monoisotopic (exact) mass is 197 g/mol. The molecule has 1 aliphatic carbocycles. The molecule has 1 N–H and O–H groups in total. The van der Waals surface area contributed by atoms with Gasteiger partial charge < -0.3 is 5.32 Å². The summed E-state index contributed by atoms with van der Waals surface area (Å²) in [5.41, 5.74) is 0. The second kappa shape index (κ2) is 6.44. The minimum Gasteiger partial charge on any atom is -0.311 e. The van der Waals surface area contributed by atoms with Gasteiger partial charge in [-0.25, -0.2) is 0 Å². The van der Waals surface area contributed by atoms with E-state index in [1.54, 1.807) is 0 Å². The summed E-state index contributed by atoms with van der Waals surface area (Å²) in [6, 6.07) is 1.68. The Balaban J connectivity index is 2.14. The van der Waals surface area contributed by atoms with Crippen LogP contribution in [0.1, 0.15) is 65.7 Å². The lowest BCUT2D eigenvalue weighted by atomic mass is 10.1. The van der Waals surface area contributed by atoms with E-state index in [1.807, 2.05) is 0 Å². The van der Waals surface area contributed by atoms with Crippen LogP contribution in [-0.2, 0) is 0 Å². The van der Waals surface area contributed by atoms with Gasteiger partial charge in [0.25, 0.3) is 0 Å². The average Bonchev–Trinajstić information content (AvgIpc) is 2.85. The highest BCUT2D eigenvalue weighted by molar-refractivity contribution is 4.94. The molecule has 0 aromatic rings. The van der Waals surface area contributed by atoms with Crippen molar-refractivity contribution < 1.29 is 0 Å². The second-order valence-corrected chi connectivity index (χ2v) is 4.83. The summed E-state index contributed by atoms with van der Waals surface area (Å²) in [6.07, 6.45) is 9.60. The summed E-state index contributed by atoms with van der Waals surface area (Å²) < 4.78 is 0.